The van der Waals surface area contributed by atoms with Crippen molar-refractivity contribution in [2.75, 3.05) is 6.61 Å². The first kappa shape index (κ1) is 16.0. The van der Waals surface area contributed by atoms with E-state index in [1.165, 1.54) is 0 Å². The SMILES string of the molecule is Cc1cccc(OCCn2nnc(C(=O)O)c2C(C)(C)C)c1. The number of benzene rings is 1. The molecule has 0 unspecified atom stereocenters. The molecule has 6 nitrogen and oxygen atoms in total. The monoisotopic (exact) mass is 303 g/mol. The molecule has 0 spiro atoms. The average Bonchev–Trinajstić information content (AvgIpc) is 2.83. The number of hydrogen-bond donors (Lipinski definition) is 1. The molecule has 2 aromatic rings. The summed E-state index contributed by atoms with van der Waals surface area (Å²) >= 11 is 0. The van der Waals surface area contributed by atoms with E-state index in [0.717, 1.165) is 11.3 Å². The molecule has 1 aromatic heterocycles. The molecular weight excluding hydrogens is 282 g/mol. The molecule has 0 aliphatic carbocycles. The number of rotatable bonds is 5. The van der Waals surface area contributed by atoms with Gasteiger partial charge in [-0.1, -0.05) is 38.1 Å². The number of nitrogens with zero attached hydrogens (tertiary/aromatic N) is 3. The van der Waals surface area contributed by atoms with Crippen molar-refractivity contribution < 1.29 is 14.6 Å². The van der Waals surface area contributed by atoms with E-state index >= 15 is 0 Å². The van der Waals surface area contributed by atoms with E-state index in [-0.39, 0.29) is 11.1 Å². The summed E-state index contributed by atoms with van der Waals surface area (Å²) in [6, 6.07) is 7.78. The second-order valence-corrected chi connectivity index (χ2v) is 6.23. The molecule has 2 rings (SSSR count). The lowest BCUT2D eigenvalue weighted by atomic mass is 9.90. The van der Waals surface area contributed by atoms with Crippen molar-refractivity contribution in [3.63, 3.8) is 0 Å². The Kier molecular flexibility index (Phi) is 4.49. The zero-order valence-electron chi connectivity index (χ0n) is 13.3. The second kappa shape index (κ2) is 6.17. The molecule has 0 radical (unpaired) electrons. The number of carboxylic acids is 1. The minimum absolute atomic E-state index is 0.00283. The molecule has 1 aromatic carbocycles. The van der Waals surface area contributed by atoms with Crippen LogP contribution in [0, 0.1) is 6.92 Å². The summed E-state index contributed by atoms with van der Waals surface area (Å²) in [6.07, 6.45) is 0. The van der Waals surface area contributed by atoms with Gasteiger partial charge in [-0.05, 0) is 24.6 Å². The predicted molar refractivity (Wildman–Crippen MR) is 82.4 cm³/mol. The van der Waals surface area contributed by atoms with E-state index in [4.69, 9.17) is 4.74 Å². The first-order valence-electron chi connectivity index (χ1n) is 7.16. The first-order chi connectivity index (χ1) is 10.3. The molecule has 22 heavy (non-hydrogen) atoms. The highest BCUT2D eigenvalue weighted by Crippen LogP contribution is 2.24. The van der Waals surface area contributed by atoms with Gasteiger partial charge in [-0.2, -0.15) is 0 Å². The average molecular weight is 303 g/mol. The number of carbonyl (C=O) groups is 1. The molecule has 0 aliphatic heterocycles. The third kappa shape index (κ3) is 3.63. The highest BCUT2D eigenvalue weighted by Gasteiger charge is 2.28. The molecule has 0 saturated heterocycles. The molecule has 0 fully saturated rings. The smallest absolute Gasteiger partial charge is 0.358 e. The van der Waals surface area contributed by atoms with Crippen LogP contribution in [0.5, 0.6) is 5.75 Å². The second-order valence-electron chi connectivity index (χ2n) is 6.23. The zero-order valence-corrected chi connectivity index (χ0v) is 13.3. The van der Waals surface area contributed by atoms with Gasteiger partial charge in [-0.25, -0.2) is 9.48 Å². The van der Waals surface area contributed by atoms with E-state index < -0.39 is 5.97 Å². The highest BCUT2D eigenvalue weighted by atomic mass is 16.5. The maximum absolute atomic E-state index is 11.3. The van der Waals surface area contributed by atoms with Gasteiger partial charge in [0.05, 0.1) is 12.2 Å². The molecule has 0 atom stereocenters. The minimum atomic E-state index is -1.06. The molecular formula is C16H21N3O3. The third-order valence-electron chi connectivity index (χ3n) is 3.21. The summed E-state index contributed by atoms with van der Waals surface area (Å²) in [4.78, 5) is 11.3. The lowest BCUT2D eigenvalue weighted by Crippen LogP contribution is -2.23. The number of aromatic nitrogens is 3. The molecule has 118 valence electrons. The Morgan fingerprint density at radius 2 is 2.09 bits per heavy atom. The molecule has 0 amide bonds. The van der Waals surface area contributed by atoms with Crippen molar-refractivity contribution in [3.8, 4) is 5.75 Å². The summed E-state index contributed by atoms with van der Waals surface area (Å²) in [5.41, 5.74) is 1.37. The van der Waals surface area contributed by atoms with Crippen LogP contribution in [0.4, 0.5) is 0 Å². The Morgan fingerprint density at radius 1 is 1.36 bits per heavy atom. The Hall–Kier alpha value is -2.37. The van der Waals surface area contributed by atoms with Gasteiger partial charge in [0.2, 0.25) is 0 Å². The van der Waals surface area contributed by atoms with Crippen LogP contribution < -0.4 is 4.74 Å². The van der Waals surface area contributed by atoms with Gasteiger partial charge in [0, 0.05) is 5.41 Å². The molecule has 6 heteroatoms. The normalized spacial score (nSPS) is 11.5. The Morgan fingerprint density at radius 3 is 2.68 bits per heavy atom. The minimum Gasteiger partial charge on any atom is -0.492 e. The lowest BCUT2D eigenvalue weighted by Gasteiger charge is -2.20. The third-order valence-corrected chi connectivity index (χ3v) is 3.21. The van der Waals surface area contributed by atoms with Crippen LogP contribution in [0.1, 0.15) is 42.5 Å². The van der Waals surface area contributed by atoms with E-state index in [9.17, 15) is 9.90 Å². The maximum atomic E-state index is 11.3. The van der Waals surface area contributed by atoms with Crippen LogP contribution in [0.25, 0.3) is 0 Å². The summed E-state index contributed by atoms with van der Waals surface area (Å²) in [5.74, 6) is -0.272. The van der Waals surface area contributed by atoms with Gasteiger partial charge >= 0.3 is 5.97 Å². The van der Waals surface area contributed by atoms with E-state index in [0.29, 0.717) is 18.8 Å². The lowest BCUT2D eigenvalue weighted by molar-refractivity contribution is 0.0687. The van der Waals surface area contributed by atoms with Crippen molar-refractivity contribution in [3.05, 3.63) is 41.2 Å². The topological polar surface area (TPSA) is 77.2 Å². The fraction of sp³-hybridized carbons (Fsp3) is 0.438. The van der Waals surface area contributed by atoms with Crippen molar-refractivity contribution in [1.82, 2.24) is 15.0 Å². The van der Waals surface area contributed by atoms with Crippen LogP contribution >= 0.6 is 0 Å². The summed E-state index contributed by atoms with van der Waals surface area (Å²) < 4.78 is 7.30. The highest BCUT2D eigenvalue weighted by molar-refractivity contribution is 5.86. The van der Waals surface area contributed by atoms with Gasteiger partial charge in [-0.15, -0.1) is 5.10 Å². The van der Waals surface area contributed by atoms with Crippen molar-refractivity contribution in [2.24, 2.45) is 0 Å². The quantitative estimate of drug-likeness (QED) is 0.919. The van der Waals surface area contributed by atoms with Crippen LogP contribution in [0.3, 0.4) is 0 Å². The van der Waals surface area contributed by atoms with Gasteiger partial charge in [-0.3, -0.25) is 0 Å². The summed E-state index contributed by atoms with van der Waals surface area (Å²) in [6.45, 7) is 8.67. The van der Waals surface area contributed by atoms with Crippen LogP contribution in [-0.4, -0.2) is 32.7 Å². The first-order valence-corrected chi connectivity index (χ1v) is 7.16. The number of ether oxygens (including phenoxy) is 1. The molecule has 0 saturated carbocycles. The number of aromatic carboxylic acids is 1. The zero-order chi connectivity index (χ0) is 16.3. The molecule has 0 aliphatic rings. The Bertz CT molecular complexity index is 672. The number of carboxylic acid groups (broad SMARTS) is 1. The largest absolute Gasteiger partial charge is 0.492 e. The molecule has 0 bridgehead atoms. The number of aryl methyl sites for hydroxylation is 1. The van der Waals surface area contributed by atoms with E-state index in [1.54, 1.807) is 4.68 Å². The maximum Gasteiger partial charge on any atom is 0.358 e. The van der Waals surface area contributed by atoms with Gasteiger partial charge in [0.1, 0.15) is 12.4 Å². The standard InChI is InChI=1S/C16H21N3O3/c1-11-6-5-7-12(10-11)22-9-8-19-14(16(2,3)4)13(15(20)21)17-18-19/h5-7,10H,8-9H2,1-4H3,(H,20,21). The van der Waals surface area contributed by atoms with Gasteiger partial charge < -0.3 is 9.84 Å². The van der Waals surface area contributed by atoms with Crippen molar-refractivity contribution in [1.29, 1.82) is 0 Å². The Labute approximate surface area is 129 Å². The summed E-state index contributed by atoms with van der Waals surface area (Å²) in [7, 11) is 0. The van der Waals surface area contributed by atoms with E-state index in [2.05, 4.69) is 10.3 Å². The predicted octanol–water partition coefficient (Wildman–Crippen LogP) is 2.66. The van der Waals surface area contributed by atoms with Crippen LogP contribution in [-0.2, 0) is 12.0 Å². The fourth-order valence-corrected chi connectivity index (χ4v) is 2.31. The van der Waals surface area contributed by atoms with Crippen LogP contribution in [0.15, 0.2) is 24.3 Å². The van der Waals surface area contributed by atoms with Gasteiger partial charge in [0.15, 0.2) is 5.69 Å². The molecule has 1 heterocycles. The molecule has 1 N–H and O–H groups in total. The van der Waals surface area contributed by atoms with Crippen molar-refractivity contribution >= 4 is 5.97 Å². The number of hydrogen-bond acceptors (Lipinski definition) is 4. The van der Waals surface area contributed by atoms with Crippen LogP contribution in [0.2, 0.25) is 0 Å². The van der Waals surface area contributed by atoms with E-state index in [1.807, 2.05) is 52.0 Å². The van der Waals surface area contributed by atoms with Crippen molar-refractivity contribution in [2.45, 2.75) is 39.7 Å². The van der Waals surface area contributed by atoms with Gasteiger partial charge in [0.25, 0.3) is 0 Å². The summed E-state index contributed by atoms with van der Waals surface area (Å²) in [5, 5.41) is 17.0. The Balaban J connectivity index is 2.12. The fourth-order valence-electron chi connectivity index (χ4n) is 2.31.